The largest absolute Gasteiger partial charge is 0.364 e. The SMILES string of the molecule is CC1(C)CC2(CCCN2C(=O)c2ccnnc2)CN1c1ccc(F)cc1. The highest BCUT2D eigenvalue weighted by Gasteiger charge is 2.54. The molecule has 6 heteroatoms. The Hall–Kier alpha value is -2.50. The van der Waals surface area contributed by atoms with Crippen molar-refractivity contribution in [2.24, 2.45) is 0 Å². The van der Waals surface area contributed by atoms with Crippen LogP contribution in [-0.2, 0) is 0 Å². The maximum absolute atomic E-state index is 13.3. The van der Waals surface area contributed by atoms with Crippen LogP contribution in [0.3, 0.4) is 0 Å². The summed E-state index contributed by atoms with van der Waals surface area (Å²) in [5.74, 6) is -0.211. The predicted molar refractivity (Wildman–Crippen MR) is 97.5 cm³/mol. The smallest absolute Gasteiger partial charge is 0.256 e. The molecule has 4 rings (SSSR count). The van der Waals surface area contributed by atoms with Crippen molar-refractivity contribution in [1.82, 2.24) is 15.1 Å². The van der Waals surface area contributed by atoms with Gasteiger partial charge in [-0.3, -0.25) is 4.79 Å². The van der Waals surface area contributed by atoms with Crippen molar-refractivity contribution in [3.05, 3.63) is 54.1 Å². The molecule has 1 aromatic heterocycles. The van der Waals surface area contributed by atoms with E-state index in [1.807, 2.05) is 17.0 Å². The topological polar surface area (TPSA) is 49.3 Å². The highest BCUT2D eigenvalue weighted by atomic mass is 19.1. The Kier molecular flexibility index (Phi) is 3.93. The molecule has 2 aliphatic rings. The molecule has 0 saturated carbocycles. The monoisotopic (exact) mass is 354 g/mol. The van der Waals surface area contributed by atoms with Gasteiger partial charge in [0.15, 0.2) is 0 Å². The lowest BCUT2D eigenvalue weighted by atomic mass is 9.87. The molecule has 2 aliphatic heterocycles. The minimum Gasteiger partial charge on any atom is -0.364 e. The molecule has 0 N–H and O–H groups in total. The van der Waals surface area contributed by atoms with Gasteiger partial charge in [-0.05, 0) is 63.4 Å². The summed E-state index contributed by atoms with van der Waals surface area (Å²) in [6.07, 6.45) is 5.96. The standard InChI is InChI=1S/C20H23FN4O/c1-19(2)13-20(14-25(19)17-6-4-16(21)5-7-17)9-3-11-24(20)18(26)15-8-10-22-23-12-15/h4-8,10,12H,3,9,11,13-14H2,1-2H3. The van der Waals surface area contributed by atoms with E-state index >= 15 is 0 Å². The van der Waals surface area contributed by atoms with Gasteiger partial charge in [-0.1, -0.05) is 0 Å². The fraction of sp³-hybridized carbons (Fsp3) is 0.450. The van der Waals surface area contributed by atoms with Crippen molar-refractivity contribution in [2.45, 2.75) is 44.2 Å². The molecule has 5 nitrogen and oxygen atoms in total. The first-order valence-corrected chi connectivity index (χ1v) is 9.03. The summed E-state index contributed by atoms with van der Waals surface area (Å²) in [5, 5.41) is 7.61. The highest BCUT2D eigenvalue weighted by molar-refractivity contribution is 5.94. The molecule has 136 valence electrons. The van der Waals surface area contributed by atoms with Crippen molar-refractivity contribution in [1.29, 1.82) is 0 Å². The van der Waals surface area contributed by atoms with Gasteiger partial charge in [0.1, 0.15) is 5.82 Å². The minimum absolute atomic E-state index is 0.0224. The highest BCUT2D eigenvalue weighted by Crippen LogP contribution is 2.47. The molecule has 1 atom stereocenters. The number of carbonyl (C=O) groups is 1. The quantitative estimate of drug-likeness (QED) is 0.830. The molecule has 0 radical (unpaired) electrons. The van der Waals surface area contributed by atoms with Gasteiger partial charge < -0.3 is 9.80 Å². The van der Waals surface area contributed by atoms with Gasteiger partial charge >= 0.3 is 0 Å². The van der Waals surface area contributed by atoms with Gasteiger partial charge in [-0.15, -0.1) is 0 Å². The van der Waals surface area contributed by atoms with E-state index in [2.05, 4.69) is 28.9 Å². The molecule has 1 unspecified atom stereocenters. The van der Waals surface area contributed by atoms with Crippen LogP contribution < -0.4 is 4.90 Å². The van der Waals surface area contributed by atoms with Gasteiger partial charge in [0.05, 0.1) is 23.5 Å². The van der Waals surface area contributed by atoms with Crippen molar-refractivity contribution in [3.63, 3.8) is 0 Å². The number of carbonyl (C=O) groups excluding carboxylic acids is 1. The van der Waals surface area contributed by atoms with Crippen LogP contribution in [0, 0.1) is 5.82 Å². The second-order valence-corrected chi connectivity index (χ2v) is 7.97. The van der Waals surface area contributed by atoms with E-state index in [0.29, 0.717) is 5.56 Å². The van der Waals surface area contributed by atoms with Gasteiger partial charge in [-0.25, -0.2) is 4.39 Å². The predicted octanol–water partition coefficient (Wildman–Crippen LogP) is 3.28. The summed E-state index contributed by atoms with van der Waals surface area (Å²) in [6, 6.07) is 8.36. The third-order valence-electron chi connectivity index (χ3n) is 5.76. The Bertz CT molecular complexity index is 808. The van der Waals surface area contributed by atoms with E-state index in [0.717, 1.165) is 38.0 Å². The fourth-order valence-electron chi connectivity index (χ4n) is 4.70. The van der Waals surface area contributed by atoms with Crippen molar-refractivity contribution in [2.75, 3.05) is 18.0 Å². The number of anilines is 1. The fourth-order valence-corrected chi connectivity index (χ4v) is 4.70. The number of aromatic nitrogens is 2. The third kappa shape index (κ3) is 2.73. The molecule has 2 aromatic rings. The van der Waals surface area contributed by atoms with E-state index in [4.69, 9.17) is 0 Å². The zero-order chi connectivity index (χ0) is 18.4. The molecule has 0 aliphatic carbocycles. The molecular weight excluding hydrogens is 331 g/mol. The van der Waals surface area contributed by atoms with E-state index in [1.54, 1.807) is 12.3 Å². The van der Waals surface area contributed by atoms with Gasteiger partial charge in [0, 0.05) is 24.3 Å². The normalized spacial score (nSPS) is 24.4. The molecular formula is C20H23FN4O. The van der Waals surface area contributed by atoms with Crippen LogP contribution in [0.25, 0.3) is 0 Å². The number of halogens is 1. The molecule has 2 saturated heterocycles. The van der Waals surface area contributed by atoms with Gasteiger partial charge in [0.25, 0.3) is 5.91 Å². The van der Waals surface area contributed by atoms with E-state index in [-0.39, 0.29) is 22.8 Å². The molecule has 0 bridgehead atoms. The number of likely N-dealkylation sites (tertiary alicyclic amines) is 1. The first-order valence-electron chi connectivity index (χ1n) is 9.03. The number of rotatable bonds is 2. The van der Waals surface area contributed by atoms with Crippen molar-refractivity contribution < 1.29 is 9.18 Å². The Morgan fingerprint density at radius 3 is 2.62 bits per heavy atom. The molecule has 26 heavy (non-hydrogen) atoms. The first-order chi connectivity index (χ1) is 12.4. The summed E-state index contributed by atoms with van der Waals surface area (Å²) in [5.41, 5.74) is 1.27. The third-order valence-corrected chi connectivity index (χ3v) is 5.76. The lowest BCUT2D eigenvalue weighted by Crippen LogP contribution is -2.49. The summed E-state index contributed by atoms with van der Waals surface area (Å²) in [4.78, 5) is 17.4. The van der Waals surface area contributed by atoms with Crippen LogP contribution in [0.5, 0.6) is 0 Å². The van der Waals surface area contributed by atoms with E-state index < -0.39 is 0 Å². The molecule has 3 heterocycles. The van der Waals surface area contributed by atoms with Crippen LogP contribution in [0.4, 0.5) is 10.1 Å². The summed E-state index contributed by atoms with van der Waals surface area (Å²) in [6.45, 7) is 5.91. The van der Waals surface area contributed by atoms with Crippen LogP contribution in [-0.4, -0.2) is 45.2 Å². The zero-order valence-electron chi connectivity index (χ0n) is 15.2. The summed E-state index contributed by atoms with van der Waals surface area (Å²) < 4.78 is 13.3. The van der Waals surface area contributed by atoms with Gasteiger partial charge in [0.2, 0.25) is 0 Å². The molecule has 1 spiro atoms. The number of benzene rings is 1. The molecule has 2 fully saturated rings. The van der Waals surface area contributed by atoms with Crippen molar-refractivity contribution >= 4 is 11.6 Å². The lowest BCUT2D eigenvalue weighted by molar-refractivity contribution is 0.0616. The second-order valence-electron chi connectivity index (χ2n) is 7.97. The molecule has 1 amide bonds. The Morgan fingerprint density at radius 1 is 1.15 bits per heavy atom. The van der Waals surface area contributed by atoms with Crippen LogP contribution in [0.15, 0.2) is 42.7 Å². The van der Waals surface area contributed by atoms with Crippen molar-refractivity contribution in [3.8, 4) is 0 Å². The number of amides is 1. The van der Waals surface area contributed by atoms with E-state index in [1.165, 1.54) is 18.3 Å². The Balaban J connectivity index is 1.65. The zero-order valence-corrected chi connectivity index (χ0v) is 15.2. The van der Waals surface area contributed by atoms with E-state index in [9.17, 15) is 9.18 Å². The Labute approximate surface area is 152 Å². The van der Waals surface area contributed by atoms with Crippen LogP contribution >= 0.6 is 0 Å². The average molecular weight is 354 g/mol. The van der Waals surface area contributed by atoms with Crippen LogP contribution in [0.2, 0.25) is 0 Å². The second kappa shape index (κ2) is 6.04. The van der Waals surface area contributed by atoms with Gasteiger partial charge in [-0.2, -0.15) is 10.2 Å². The minimum atomic E-state index is -0.233. The number of hydrogen-bond acceptors (Lipinski definition) is 4. The maximum Gasteiger partial charge on any atom is 0.256 e. The molecule has 1 aromatic carbocycles. The maximum atomic E-state index is 13.3. The lowest BCUT2D eigenvalue weighted by Gasteiger charge is -2.35. The Morgan fingerprint density at radius 2 is 1.92 bits per heavy atom. The average Bonchev–Trinajstić information content (AvgIpc) is 3.15. The van der Waals surface area contributed by atoms with Crippen LogP contribution in [0.1, 0.15) is 43.5 Å². The first kappa shape index (κ1) is 16.9. The summed E-state index contributed by atoms with van der Waals surface area (Å²) in [7, 11) is 0. The summed E-state index contributed by atoms with van der Waals surface area (Å²) >= 11 is 0. The number of hydrogen-bond donors (Lipinski definition) is 0. The number of nitrogens with zero attached hydrogens (tertiary/aromatic N) is 4.